The molecule has 1 aliphatic heterocycles. The average Bonchev–Trinajstić information content (AvgIpc) is 2.37. The highest BCUT2D eigenvalue weighted by molar-refractivity contribution is 7.92. The number of rotatable bonds is 3. The van der Waals surface area contributed by atoms with Crippen LogP contribution < -0.4 is 0 Å². The zero-order chi connectivity index (χ0) is 15.8. The van der Waals surface area contributed by atoms with E-state index in [9.17, 15) is 26.3 Å². The van der Waals surface area contributed by atoms with Crippen molar-refractivity contribution in [3.63, 3.8) is 0 Å². The molecule has 118 valence electrons. The Morgan fingerprint density at radius 2 is 2.10 bits per heavy atom. The van der Waals surface area contributed by atoms with Crippen LogP contribution in [0.1, 0.15) is 12.5 Å². The summed E-state index contributed by atoms with van der Waals surface area (Å²) in [6, 6.07) is 2.38. The van der Waals surface area contributed by atoms with Gasteiger partial charge in [0.15, 0.2) is 9.84 Å². The molecule has 0 amide bonds. The number of halogens is 1. The van der Waals surface area contributed by atoms with Crippen molar-refractivity contribution >= 4 is 19.9 Å². The second-order valence-electron chi connectivity index (χ2n) is 4.99. The fraction of sp³-hybridized carbons (Fsp3) is 0.500. The molecular formula is C12H16FNO5S2. The summed E-state index contributed by atoms with van der Waals surface area (Å²) >= 11 is 0. The number of aliphatic hydroxyl groups excluding tert-OH is 1. The molecule has 1 heterocycles. The van der Waals surface area contributed by atoms with Gasteiger partial charge in [-0.2, -0.15) is 4.31 Å². The van der Waals surface area contributed by atoms with Crippen molar-refractivity contribution in [2.24, 2.45) is 0 Å². The molecule has 0 radical (unpaired) electrons. The smallest absolute Gasteiger partial charge is 0.243 e. The van der Waals surface area contributed by atoms with Crippen molar-refractivity contribution in [1.29, 1.82) is 0 Å². The van der Waals surface area contributed by atoms with Crippen LogP contribution in [0.3, 0.4) is 0 Å². The first-order chi connectivity index (χ1) is 9.67. The summed E-state index contributed by atoms with van der Waals surface area (Å²) < 4.78 is 62.6. The van der Waals surface area contributed by atoms with Crippen LogP contribution in [0.4, 0.5) is 4.39 Å². The number of aliphatic hydroxyl groups is 1. The highest BCUT2D eigenvalue weighted by atomic mass is 32.2. The molecule has 0 spiro atoms. The lowest BCUT2D eigenvalue weighted by Gasteiger charge is -2.32. The number of hydrogen-bond donors (Lipinski definition) is 1. The monoisotopic (exact) mass is 337 g/mol. The second-order valence-corrected chi connectivity index (χ2v) is 9.08. The third-order valence-electron chi connectivity index (χ3n) is 3.40. The highest BCUT2D eigenvalue weighted by Gasteiger charge is 2.37. The summed E-state index contributed by atoms with van der Waals surface area (Å²) in [5.74, 6) is -1.26. The van der Waals surface area contributed by atoms with Crippen LogP contribution in [-0.4, -0.2) is 50.3 Å². The molecule has 1 aromatic rings. The second kappa shape index (κ2) is 5.64. The third-order valence-corrected chi connectivity index (χ3v) is 7.29. The van der Waals surface area contributed by atoms with Crippen molar-refractivity contribution in [2.45, 2.75) is 24.5 Å². The molecule has 1 aliphatic rings. The zero-order valence-corrected chi connectivity index (χ0v) is 13.0. The Hall–Kier alpha value is -1.03. The molecule has 0 aliphatic carbocycles. The fourth-order valence-corrected chi connectivity index (χ4v) is 5.99. The van der Waals surface area contributed by atoms with Crippen LogP contribution in [0.25, 0.3) is 0 Å². The molecule has 1 fully saturated rings. The van der Waals surface area contributed by atoms with Gasteiger partial charge in [-0.3, -0.25) is 0 Å². The minimum Gasteiger partial charge on any atom is -0.392 e. The summed E-state index contributed by atoms with van der Waals surface area (Å²) in [6.45, 7) is 0.773. The maximum absolute atomic E-state index is 13.3. The maximum atomic E-state index is 13.3. The predicted molar refractivity (Wildman–Crippen MR) is 74.3 cm³/mol. The molecule has 9 heteroatoms. The van der Waals surface area contributed by atoms with Crippen LogP contribution in [0.5, 0.6) is 0 Å². The van der Waals surface area contributed by atoms with Crippen molar-refractivity contribution < 1.29 is 26.3 Å². The van der Waals surface area contributed by atoms with Crippen molar-refractivity contribution in [3.05, 3.63) is 29.6 Å². The Morgan fingerprint density at radius 3 is 2.67 bits per heavy atom. The molecule has 6 nitrogen and oxygen atoms in total. The number of sulfone groups is 1. The van der Waals surface area contributed by atoms with Gasteiger partial charge in [0.1, 0.15) is 5.82 Å². The molecule has 0 bridgehead atoms. The van der Waals surface area contributed by atoms with Gasteiger partial charge < -0.3 is 5.11 Å². The number of benzene rings is 1. The topological polar surface area (TPSA) is 91.8 Å². The van der Waals surface area contributed by atoms with Crippen LogP contribution in [0, 0.1) is 5.82 Å². The summed E-state index contributed by atoms with van der Waals surface area (Å²) in [5, 5.41) is 9.22. The quantitative estimate of drug-likeness (QED) is 0.846. The Bertz CT molecular complexity index is 745. The molecule has 0 aromatic heterocycles. The number of hydrogen-bond acceptors (Lipinski definition) is 5. The highest BCUT2D eigenvalue weighted by Crippen LogP contribution is 2.25. The lowest BCUT2D eigenvalue weighted by atomic mass is 10.2. The summed E-state index contributed by atoms with van der Waals surface area (Å²) in [6.07, 6.45) is 0. The van der Waals surface area contributed by atoms with E-state index >= 15 is 0 Å². The third kappa shape index (κ3) is 3.25. The first kappa shape index (κ1) is 16.3. The average molecular weight is 337 g/mol. The molecule has 2 rings (SSSR count). The van der Waals surface area contributed by atoms with Crippen molar-refractivity contribution in [1.82, 2.24) is 4.31 Å². The fourth-order valence-electron chi connectivity index (χ4n) is 2.37. The van der Waals surface area contributed by atoms with Gasteiger partial charge in [-0.05, 0) is 24.6 Å². The van der Waals surface area contributed by atoms with E-state index in [4.69, 9.17) is 0 Å². The SMILES string of the molecule is CC1CS(=O)(=O)CCN1S(=O)(=O)c1cc(F)ccc1CO. The van der Waals surface area contributed by atoms with Gasteiger partial charge in [0.2, 0.25) is 10.0 Å². The van der Waals surface area contributed by atoms with Gasteiger partial charge in [-0.15, -0.1) is 0 Å². The van der Waals surface area contributed by atoms with E-state index in [0.717, 1.165) is 16.4 Å². The molecule has 1 unspecified atom stereocenters. The van der Waals surface area contributed by atoms with Gasteiger partial charge in [0.25, 0.3) is 0 Å². The number of nitrogens with zero attached hydrogens (tertiary/aromatic N) is 1. The number of sulfonamides is 1. The van der Waals surface area contributed by atoms with E-state index in [1.54, 1.807) is 0 Å². The Labute approximate surface area is 123 Å². The van der Waals surface area contributed by atoms with Crippen LogP contribution in [0.2, 0.25) is 0 Å². The van der Waals surface area contributed by atoms with Crippen molar-refractivity contribution in [2.75, 3.05) is 18.1 Å². The largest absolute Gasteiger partial charge is 0.392 e. The van der Waals surface area contributed by atoms with Gasteiger partial charge >= 0.3 is 0 Å². The standard InChI is InChI=1S/C12H16FNO5S2/c1-9-8-20(16,17)5-4-14(9)21(18,19)12-6-11(13)3-2-10(12)7-15/h2-3,6,9,15H,4-5,7-8H2,1H3. The van der Waals surface area contributed by atoms with Gasteiger partial charge in [0, 0.05) is 12.6 Å². The molecular weight excluding hydrogens is 321 g/mol. The molecule has 21 heavy (non-hydrogen) atoms. The van der Waals surface area contributed by atoms with Crippen LogP contribution in [-0.2, 0) is 26.5 Å². The van der Waals surface area contributed by atoms with Crippen molar-refractivity contribution in [3.8, 4) is 0 Å². The summed E-state index contributed by atoms with van der Waals surface area (Å²) in [7, 11) is -7.32. The molecule has 1 N–H and O–H groups in total. The molecule has 1 aromatic carbocycles. The minimum atomic E-state index is -4.06. The van der Waals surface area contributed by atoms with Gasteiger partial charge in [-0.1, -0.05) is 6.07 Å². The van der Waals surface area contributed by atoms with E-state index in [2.05, 4.69) is 0 Å². The predicted octanol–water partition coefficient (Wildman–Crippen LogP) is 0.126. The Kier molecular flexibility index (Phi) is 4.39. The van der Waals surface area contributed by atoms with E-state index in [-0.39, 0.29) is 28.5 Å². The van der Waals surface area contributed by atoms with E-state index < -0.39 is 38.3 Å². The molecule has 1 saturated heterocycles. The lowest BCUT2D eigenvalue weighted by Crippen LogP contribution is -2.49. The first-order valence-corrected chi connectivity index (χ1v) is 9.55. The van der Waals surface area contributed by atoms with Gasteiger partial charge in [0.05, 0.1) is 23.0 Å². The van der Waals surface area contributed by atoms with Crippen LogP contribution in [0.15, 0.2) is 23.1 Å². The van der Waals surface area contributed by atoms with E-state index in [1.807, 2.05) is 0 Å². The first-order valence-electron chi connectivity index (χ1n) is 6.29. The zero-order valence-electron chi connectivity index (χ0n) is 11.4. The Balaban J connectivity index is 2.46. The summed E-state index contributed by atoms with van der Waals surface area (Å²) in [5.41, 5.74) is 0.0806. The molecule has 0 saturated carbocycles. The normalized spacial score (nSPS) is 23.1. The van der Waals surface area contributed by atoms with Crippen LogP contribution >= 0.6 is 0 Å². The lowest BCUT2D eigenvalue weighted by molar-refractivity contribution is 0.277. The minimum absolute atomic E-state index is 0.0806. The Morgan fingerprint density at radius 1 is 1.43 bits per heavy atom. The van der Waals surface area contributed by atoms with E-state index in [1.165, 1.54) is 13.0 Å². The van der Waals surface area contributed by atoms with Gasteiger partial charge in [-0.25, -0.2) is 21.2 Å². The summed E-state index contributed by atoms with van der Waals surface area (Å²) in [4.78, 5) is -0.323. The molecule has 1 atom stereocenters. The van der Waals surface area contributed by atoms with E-state index in [0.29, 0.717) is 0 Å². The maximum Gasteiger partial charge on any atom is 0.243 e.